The second kappa shape index (κ2) is 4.66. The molecule has 0 amide bonds. The van der Waals surface area contributed by atoms with Crippen molar-refractivity contribution in [2.45, 2.75) is 19.4 Å². The van der Waals surface area contributed by atoms with Crippen molar-refractivity contribution in [3.8, 4) is 0 Å². The first-order valence-electron chi connectivity index (χ1n) is 6.37. The van der Waals surface area contributed by atoms with E-state index in [9.17, 15) is 4.79 Å². The lowest BCUT2D eigenvalue weighted by Gasteiger charge is -2.13. The third-order valence-corrected chi connectivity index (χ3v) is 3.45. The number of carbonyl (C=O) groups is 1. The molecule has 1 unspecified atom stereocenters. The number of benzene rings is 1. The van der Waals surface area contributed by atoms with Gasteiger partial charge >= 0.3 is 5.97 Å². The van der Waals surface area contributed by atoms with Crippen LogP contribution in [0.5, 0.6) is 0 Å². The fraction of sp³-hybridized carbons (Fsp3) is 0.429. The molecule has 0 N–H and O–H groups in total. The molecule has 19 heavy (non-hydrogen) atoms. The van der Waals surface area contributed by atoms with Gasteiger partial charge in [0.25, 0.3) is 0 Å². The van der Waals surface area contributed by atoms with Gasteiger partial charge in [-0.25, -0.2) is 9.78 Å². The number of rotatable bonds is 1. The van der Waals surface area contributed by atoms with Gasteiger partial charge in [0.1, 0.15) is 5.82 Å². The summed E-state index contributed by atoms with van der Waals surface area (Å²) in [6.07, 6.45) is 0.798. The number of methoxy groups -OCH3 is 1. The summed E-state index contributed by atoms with van der Waals surface area (Å²) in [5.74, 6) is 0.692. The lowest BCUT2D eigenvalue weighted by molar-refractivity contribution is 0.0601. The second-order valence-electron chi connectivity index (χ2n) is 4.77. The minimum absolute atomic E-state index is 0.218. The number of nitrogens with zero attached hydrogens (tertiary/aromatic N) is 2. The molecule has 2 heterocycles. The third-order valence-electron chi connectivity index (χ3n) is 3.45. The van der Waals surface area contributed by atoms with Crippen LogP contribution in [0.2, 0.25) is 0 Å². The third kappa shape index (κ3) is 2.00. The minimum atomic E-state index is -0.324. The van der Waals surface area contributed by atoms with Crippen LogP contribution in [0.25, 0.3) is 11.0 Å². The molecule has 0 fully saturated rings. The van der Waals surface area contributed by atoms with E-state index in [4.69, 9.17) is 9.47 Å². The Bertz CT molecular complexity index is 633. The van der Waals surface area contributed by atoms with Crippen molar-refractivity contribution in [1.82, 2.24) is 9.55 Å². The van der Waals surface area contributed by atoms with Crippen LogP contribution in [0.1, 0.15) is 29.1 Å². The molecule has 100 valence electrons. The Hall–Kier alpha value is -1.88. The average molecular weight is 260 g/mol. The van der Waals surface area contributed by atoms with Crippen LogP contribution < -0.4 is 0 Å². The zero-order valence-electron chi connectivity index (χ0n) is 11.0. The maximum absolute atomic E-state index is 11.6. The molecule has 0 saturated carbocycles. The lowest BCUT2D eigenvalue weighted by Crippen LogP contribution is -2.10. The fourth-order valence-corrected chi connectivity index (χ4v) is 2.55. The van der Waals surface area contributed by atoms with Gasteiger partial charge in [0, 0.05) is 6.42 Å². The van der Waals surface area contributed by atoms with Gasteiger partial charge in [-0.3, -0.25) is 0 Å². The molecule has 0 saturated heterocycles. The fourth-order valence-electron chi connectivity index (χ4n) is 2.55. The predicted octanol–water partition coefficient (Wildman–Crippen LogP) is 1.96. The molecule has 1 atom stereocenters. The molecule has 2 aromatic rings. The summed E-state index contributed by atoms with van der Waals surface area (Å²) in [6.45, 7) is 3.46. The topological polar surface area (TPSA) is 53.3 Å². The van der Waals surface area contributed by atoms with Crippen molar-refractivity contribution >= 4 is 17.0 Å². The highest BCUT2D eigenvalue weighted by Crippen LogP contribution is 2.25. The van der Waals surface area contributed by atoms with Crippen LogP contribution in [0.3, 0.4) is 0 Å². The van der Waals surface area contributed by atoms with Crippen molar-refractivity contribution in [2.75, 3.05) is 20.3 Å². The molecule has 1 aromatic carbocycles. The Balaban J connectivity index is 2.18. The van der Waals surface area contributed by atoms with E-state index in [0.717, 1.165) is 23.3 Å². The van der Waals surface area contributed by atoms with Crippen molar-refractivity contribution in [3.05, 3.63) is 29.6 Å². The Morgan fingerprint density at radius 3 is 3.16 bits per heavy atom. The number of carbonyl (C=O) groups excluding carboxylic acids is 1. The van der Waals surface area contributed by atoms with Gasteiger partial charge < -0.3 is 14.0 Å². The van der Waals surface area contributed by atoms with E-state index >= 15 is 0 Å². The number of hydrogen-bond donors (Lipinski definition) is 0. The zero-order chi connectivity index (χ0) is 13.4. The summed E-state index contributed by atoms with van der Waals surface area (Å²) in [5.41, 5.74) is 2.43. The van der Waals surface area contributed by atoms with Gasteiger partial charge in [-0.1, -0.05) is 0 Å². The Labute approximate surface area is 111 Å². The van der Waals surface area contributed by atoms with E-state index in [-0.39, 0.29) is 12.0 Å². The van der Waals surface area contributed by atoms with Crippen LogP contribution in [-0.2, 0) is 15.9 Å². The molecule has 0 spiro atoms. The Morgan fingerprint density at radius 2 is 2.37 bits per heavy atom. The zero-order valence-corrected chi connectivity index (χ0v) is 11.0. The molecular weight excluding hydrogens is 244 g/mol. The maximum atomic E-state index is 11.6. The van der Waals surface area contributed by atoms with Crippen molar-refractivity contribution in [1.29, 1.82) is 0 Å². The monoisotopic (exact) mass is 260 g/mol. The smallest absolute Gasteiger partial charge is 0.337 e. The quantitative estimate of drug-likeness (QED) is 0.735. The summed E-state index contributed by atoms with van der Waals surface area (Å²) < 4.78 is 12.5. The van der Waals surface area contributed by atoms with E-state index in [1.807, 2.05) is 12.1 Å². The number of imidazole rings is 1. The van der Waals surface area contributed by atoms with Gasteiger partial charge in [-0.2, -0.15) is 0 Å². The second-order valence-corrected chi connectivity index (χ2v) is 4.77. The van der Waals surface area contributed by atoms with E-state index in [2.05, 4.69) is 16.5 Å². The molecule has 3 rings (SSSR count). The number of esters is 1. The standard InChI is InChI=1S/C14H16N2O3/c1-9-8-19-6-5-13-15-11-4-3-10(14(17)18-2)7-12(11)16(9)13/h3-4,7,9H,5-6,8H2,1-2H3. The summed E-state index contributed by atoms with van der Waals surface area (Å²) in [6, 6.07) is 5.69. The highest BCUT2D eigenvalue weighted by Gasteiger charge is 2.20. The normalized spacial score (nSPS) is 18.9. The van der Waals surface area contributed by atoms with Crippen LogP contribution in [0, 0.1) is 0 Å². The van der Waals surface area contributed by atoms with Gasteiger partial charge in [0.05, 0.1) is 43.0 Å². The molecule has 0 aliphatic carbocycles. The first-order valence-corrected chi connectivity index (χ1v) is 6.37. The van der Waals surface area contributed by atoms with Gasteiger partial charge in [-0.05, 0) is 25.1 Å². The van der Waals surface area contributed by atoms with Gasteiger partial charge in [0.15, 0.2) is 0 Å². The maximum Gasteiger partial charge on any atom is 0.337 e. The number of aromatic nitrogens is 2. The summed E-state index contributed by atoms with van der Waals surface area (Å²) in [4.78, 5) is 16.2. The van der Waals surface area contributed by atoms with Crippen molar-refractivity contribution < 1.29 is 14.3 Å². The molecule has 5 heteroatoms. The summed E-state index contributed by atoms with van der Waals surface area (Å²) >= 11 is 0. The van der Waals surface area contributed by atoms with Crippen LogP contribution >= 0.6 is 0 Å². The Morgan fingerprint density at radius 1 is 1.53 bits per heavy atom. The van der Waals surface area contributed by atoms with Crippen LogP contribution in [0.15, 0.2) is 18.2 Å². The molecule has 1 aromatic heterocycles. The molecule has 1 aliphatic heterocycles. The number of ether oxygens (including phenoxy) is 2. The number of hydrogen-bond acceptors (Lipinski definition) is 4. The lowest BCUT2D eigenvalue weighted by atomic mass is 10.2. The van der Waals surface area contributed by atoms with Gasteiger partial charge in [0.2, 0.25) is 0 Å². The average Bonchev–Trinajstić information content (AvgIpc) is 2.69. The first-order chi connectivity index (χ1) is 9.20. The molecule has 1 aliphatic rings. The SMILES string of the molecule is COC(=O)c1ccc2nc3n(c2c1)C(C)COCC3. The van der Waals surface area contributed by atoms with E-state index in [1.165, 1.54) is 7.11 Å². The van der Waals surface area contributed by atoms with E-state index in [0.29, 0.717) is 18.8 Å². The highest BCUT2D eigenvalue weighted by molar-refractivity contribution is 5.93. The largest absolute Gasteiger partial charge is 0.465 e. The highest BCUT2D eigenvalue weighted by atomic mass is 16.5. The van der Waals surface area contributed by atoms with Crippen LogP contribution in [-0.4, -0.2) is 35.8 Å². The van der Waals surface area contributed by atoms with Crippen molar-refractivity contribution in [2.24, 2.45) is 0 Å². The van der Waals surface area contributed by atoms with Crippen LogP contribution in [0.4, 0.5) is 0 Å². The van der Waals surface area contributed by atoms with Gasteiger partial charge in [-0.15, -0.1) is 0 Å². The summed E-state index contributed by atoms with van der Waals surface area (Å²) in [5, 5.41) is 0. The molecule has 0 radical (unpaired) electrons. The molecule has 0 bridgehead atoms. The van der Waals surface area contributed by atoms with E-state index in [1.54, 1.807) is 6.07 Å². The first kappa shape index (κ1) is 12.2. The molecule has 5 nitrogen and oxygen atoms in total. The Kier molecular flexibility index (Phi) is 2.98. The predicted molar refractivity (Wildman–Crippen MR) is 70.3 cm³/mol. The number of fused-ring (bicyclic) bond motifs is 3. The van der Waals surface area contributed by atoms with E-state index < -0.39 is 0 Å². The summed E-state index contributed by atoms with van der Waals surface area (Å²) in [7, 11) is 1.39. The van der Waals surface area contributed by atoms with Crippen molar-refractivity contribution in [3.63, 3.8) is 0 Å². The molecular formula is C14H16N2O3. The minimum Gasteiger partial charge on any atom is -0.465 e.